The van der Waals surface area contributed by atoms with E-state index in [4.69, 9.17) is 0 Å². The van der Waals surface area contributed by atoms with Gasteiger partial charge in [0.25, 0.3) is 0 Å². The van der Waals surface area contributed by atoms with Crippen molar-refractivity contribution in [2.75, 3.05) is 32.8 Å². The first-order valence-corrected chi connectivity index (χ1v) is 8.79. The van der Waals surface area contributed by atoms with Crippen molar-refractivity contribution in [3.8, 4) is 0 Å². The van der Waals surface area contributed by atoms with E-state index in [0.29, 0.717) is 12.5 Å². The van der Waals surface area contributed by atoms with Crippen LogP contribution in [0.5, 0.6) is 0 Å². The lowest BCUT2D eigenvalue weighted by molar-refractivity contribution is 0.0847. The topological polar surface area (TPSA) is 35.5 Å². The highest BCUT2D eigenvalue weighted by Crippen LogP contribution is 2.30. The molecule has 0 aromatic heterocycles. The number of likely N-dealkylation sites (tertiary alicyclic amines) is 1. The molecule has 4 atom stereocenters. The van der Waals surface area contributed by atoms with E-state index in [0.717, 1.165) is 31.0 Å². The second-order valence-corrected chi connectivity index (χ2v) is 7.19. The number of rotatable bonds is 6. The highest BCUT2D eigenvalue weighted by atomic mass is 16.3. The molecule has 4 unspecified atom stereocenters. The van der Waals surface area contributed by atoms with E-state index in [9.17, 15) is 5.11 Å². The van der Waals surface area contributed by atoms with E-state index in [1.54, 1.807) is 0 Å². The van der Waals surface area contributed by atoms with Gasteiger partial charge in [-0.15, -0.1) is 0 Å². The maximum Gasteiger partial charge on any atom is 0.0471 e. The van der Waals surface area contributed by atoms with Crippen molar-refractivity contribution in [2.24, 2.45) is 17.8 Å². The van der Waals surface area contributed by atoms with Crippen LogP contribution in [0, 0.1) is 17.8 Å². The third-order valence-corrected chi connectivity index (χ3v) is 5.26. The first kappa shape index (κ1) is 16.3. The molecular formula is C17H34N2O. The summed E-state index contributed by atoms with van der Waals surface area (Å²) in [6, 6.07) is 0.723. The fourth-order valence-corrected chi connectivity index (χ4v) is 4.10. The Hall–Kier alpha value is -0.120. The minimum Gasteiger partial charge on any atom is -0.396 e. The van der Waals surface area contributed by atoms with Crippen molar-refractivity contribution in [3.63, 3.8) is 0 Å². The molecule has 2 rings (SSSR count). The molecular weight excluding hydrogens is 248 g/mol. The summed E-state index contributed by atoms with van der Waals surface area (Å²) in [7, 11) is 0. The molecule has 0 amide bonds. The van der Waals surface area contributed by atoms with Crippen LogP contribution in [0.15, 0.2) is 0 Å². The average molecular weight is 282 g/mol. The molecule has 3 nitrogen and oxygen atoms in total. The van der Waals surface area contributed by atoms with Gasteiger partial charge in [-0.2, -0.15) is 0 Å². The van der Waals surface area contributed by atoms with E-state index in [1.165, 1.54) is 51.6 Å². The quantitative estimate of drug-likeness (QED) is 0.786. The monoisotopic (exact) mass is 282 g/mol. The fourth-order valence-electron chi connectivity index (χ4n) is 4.10. The van der Waals surface area contributed by atoms with Crippen molar-refractivity contribution in [3.05, 3.63) is 0 Å². The Morgan fingerprint density at radius 1 is 1.25 bits per heavy atom. The van der Waals surface area contributed by atoms with Crippen LogP contribution in [0.25, 0.3) is 0 Å². The molecule has 2 aliphatic rings. The third-order valence-electron chi connectivity index (χ3n) is 5.26. The van der Waals surface area contributed by atoms with Crippen molar-refractivity contribution >= 4 is 0 Å². The van der Waals surface area contributed by atoms with Crippen molar-refractivity contribution in [1.82, 2.24) is 10.2 Å². The van der Waals surface area contributed by atoms with Crippen molar-refractivity contribution < 1.29 is 5.11 Å². The molecule has 1 aliphatic heterocycles. The molecule has 0 bridgehead atoms. The second-order valence-electron chi connectivity index (χ2n) is 7.19. The molecule has 2 N–H and O–H groups in total. The predicted octanol–water partition coefficient (Wildman–Crippen LogP) is 2.50. The molecule has 0 spiro atoms. The van der Waals surface area contributed by atoms with Gasteiger partial charge in [0, 0.05) is 25.7 Å². The lowest BCUT2D eigenvalue weighted by Gasteiger charge is -2.40. The first-order valence-electron chi connectivity index (χ1n) is 8.79. The highest BCUT2D eigenvalue weighted by molar-refractivity contribution is 4.86. The molecule has 3 heteroatoms. The minimum atomic E-state index is 0.370. The van der Waals surface area contributed by atoms with Crippen LogP contribution >= 0.6 is 0 Å². The molecule has 2 fully saturated rings. The van der Waals surface area contributed by atoms with Gasteiger partial charge in [-0.1, -0.05) is 13.8 Å². The summed E-state index contributed by atoms with van der Waals surface area (Å²) in [5.41, 5.74) is 0. The normalized spacial score (nSPS) is 36.1. The summed E-state index contributed by atoms with van der Waals surface area (Å²) < 4.78 is 0. The highest BCUT2D eigenvalue weighted by Gasteiger charge is 2.30. The summed E-state index contributed by atoms with van der Waals surface area (Å²) in [5.74, 6) is 2.22. The van der Waals surface area contributed by atoms with Crippen LogP contribution in [-0.4, -0.2) is 48.8 Å². The molecule has 0 aromatic carbocycles. The van der Waals surface area contributed by atoms with Crippen LogP contribution in [-0.2, 0) is 0 Å². The number of aliphatic hydroxyl groups excluding tert-OH is 1. The average Bonchev–Trinajstić information content (AvgIpc) is 2.47. The van der Waals surface area contributed by atoms with Crippen LogP contribution in [0.4, 0.5) is 0 Å². The predicted molar refractivity (Wildman–Crippen MR) is 84.8 cm³/mol. The van der Waals surface area contributed by atoms with Gasteiger partial charge in [0.05, 0.1) is 0 Å². The molecule has 1 heterocycles. The van der Waals surface area contributed by atoms with Crippen molar-refractivity contribution in [2.45, 2.75) is 58.4 Å². The number of hydrogen-bond donors (Lipinski definition) is 2. The Labute approximate surface area is 125 Å². The summed E-state index contributed by atoms with van der Waals surface area (Å²) >= 11 is 0. The molecule has 0 aromatic rings. The van der Waals surface area contributed by atoms with Crippen molar-refractivity contribution in [1.29, 1.82) is 0 Å². The lowest BCUT2D eigenvalue weighted by Crippen LogP contribution is -2.48. The molecule has 1 aliphatic carbocycles. The van der Waals surface area contributed by atoms with Gasteiger partial charge in [0.1, 0.15) is 0 Å². The Bertz CT molecular complexity index is 270. The van der Waals surface area contributed by atoms with E-state index in [-0.39, 0.29) is 0 Å². The van der Waals surface area contributed by atoms with E-state index in [1.807, 2.05) is 0 Å². The Balaban J connectivity index is 1.86. The number of piperidine rings is 1. The Morgan fingerprint density at radius 2 is 2.10 bits per heavy atom. The third kappa shape index (κ3) is 4.71. The van der Waals surface area contributed by atoms with E-state index < -0.39 is 0 Å². The second kappa shape index (κ2) is 8.35. The Kier molecular flexibility index (Phi) is 6.79. The number of nitrogens with zero attached hydrogens (tertiary/aromatic N) is 1. The van der Waals surface area contributed by atoms with Gasteiger partial charge in [0.2, 0.25) is 0 Å². The van der Waals surface area contributed by atoms with Gasteiger partial charge in [-0.25, -0.2) is 0 Å². The molecule has 20 heavy (non-hydrogen) atoms. The van der Waals surface area contributed by atoms with Gasteiger partial charge < -0.3 is 15.3 Å². The molecule has 1 saturated carbocycles. The zero-order valence-electron chi connectivity index (χ0n) is 13.5. The standard InChI is InChI=1S/C17H34N2O/c1-3-8-18-17-7-6-14(2)10-16(17)12-19-9-4-5-15(11-19)13-20/h14-18,20H,3-13H2,1-2H3. The summed E-state index contributed by atoms with van der Waals surface area (Å²) in [4.78, 5) is 2.62. The summed E-state index contributed by atoms with van der Waals surface area (Å²) in [6.45, 7) is 9.79. The van der Waals surface area contributed by atoms with Gasteiger partial charge >= 0.3 is 0 Å². The number of hydrogen-bond acceptors (Lipinski definition) is 3. The first-order chi connectivity index (χ1) is 9.72. The maximum atomic E-state index is 9.39. The summed E-state index contributed by atoms with van der Waals surface area (Å²) in [6.07, 6.45) is 7.82. The lowest BCUT2D eigenvalue weighted by atomic mass is 9.78. The van der Waals surface area contributed by atoms with Crippen LogP contribution < -0.4 is 5.32 Å². The van der Waals surface area contributed by atoms with E-state index >= 15 is 0 Å². The molecule has 118 valence electrons. The SMILES string of the molecule is CCCNC1CCC(C)CC1CN1CCCC(CO)C1. The molecule has 0 radical (unpaired) electrons. The largest absolute Gasteiger partial charge is 0.396 e. The Morgan fingerprint density at radius 3 is 2.85 bits per heavy atom. The van der Waals surface area contributed by atoms with Crippen LogP contribution in [0.2, 0.25) is 0 Å². The number of aliphatic hydroxyl groups is 1. The minimum absolute atomic E-state index is 0.370. The number of nitrogens with one attached hydrogen (secondary N) is 1. The smallest absolute Gasteiger partial charge is 0.0471 e. The maximum absolute atomic E-state index is 9.39. The molecule has 1 saturated heterocycles. The van der Waals surface area contributed by atoms with Gasteiger partial charge in [0.15, 0.2) is 0 Å². The zero-order chi connectivity index (χ0) is 14.4. The van der Waals surface area contributed by atoms with Gasteiger partial charge in [-0.3, -0.25) is 0 Å². The van der Waals surface area contributed by atoms with Crippen LogP contribution in [0.3, 0.4) is 0 Å². The zero-order valence-corrected chi connectivity index (χ0v) is 13.5. The van der Waals surface area contributed by atoms with E-state index in [2.05, 4.69) is 24.1 Å². The summed E-state index contributed by atoms with van der Waals surface area (Å²) in [5, 5.41) is 13.2. The van der Waals surface area contributed by atoms with Crippen LogP contribution in [0.1, 0.15) is 52.4 Å². The van der Waals surface area contributed by atoms with Gasteiger partial charge in [-0.05, 0) is 69.4 Å². The fraction of sp³-hybridized carbons (Fsp3) is 1.00.